The molecule has 0 N–H and O–H groups in total. The molecule has 34 heavy (non-hydrogen) atoms. The number of alkyl halides is 3. The van der Waals surface area contributed by atoms with Gasteiger partial charge in [-0.25, -0.2) is 4.39 Å². The summed E-state index contributed by atoms with van der Waals surface area (Å²) in [5, 5.41) is 0. The van der Waals surface area contributed by atoms with Crippen molar-refractivity contribution in [3.63, 3.8) is 0 Å². The van der Waals surface area contributed by atoms with E-state index in [4.69, 9.17) is 4.74 Å². The average Bonchev–Trinajstić information content (AvgIpc) is 3.19. The van der Waals surface area contributed by atoms with Gasteiger partial charge in [0, 0.05) is 36.5 Å². The third kappa shape index (κ3) is 5.56. The number of pyridine rings is 1. The lowest BCUT2D eigenvalue weighted by molar-refractivity contribution is -0.274. The van der Waals surface area contributed by atoms with Crippen molar-refractivity contribution in [2.75, 3.05) is 19.7 Å². The number of amides is 1. The monoisotopic (exact) mass is 476 g/mol. The predicted octanol–water partition coefficient (Wildman–Crippen LogP) is 4.54. The number of rotatable bonds is 7. The molecular formula is C24H20F4N2O4. The summed E-state index contributed by atoms with van der Waals surface area (Å²) in [4.78, 5) is 26.3. The second-order valence-electron chi connectivity index (χ2n) is 7.64. The van der Waals surface area contributed by atoms with Gasteiger partial charge in [0.25, 0.3) is 5.56 Å². The Morgan fingerprint density at radius 2 is 1.68 bits per heavy atom. The number of hydrogen-bond acceptors (Lipinski definition) is 4. The first-order chi connectivity index (χ1) is 16.2. The first kappa shape index (κ1) is 23.3. The van der Waals surface area contributed by atoms with Crippen molar-refractivity contribution in [1.82, 2.24) is 9.47 Å². The summed E-state index contributed by atoms with van der Waals surface area (Å²) >= 11 is 0. The van der Waals surface area contributed by atoms with E-state index in [1.54, 1.807) is 4.90 Å². The summed E-state index contributed by atoms with van der Waals surface area (Å²) in [6.07, 6.45) is -2.05. The zero-order valence-electron chi connectivity index (χ0n) is 17.8. The fraction of sp³-hybridized carbons (Fsp3) is 0.250. The van der Waals surface area contributed by atoms with Gasteiger partial charge in [0.05, 0.1) is 6.54 Å². The normalized spacial score (nSPS) is 13.9. The smallest absolute Gasteiger partial charge is 0.491 e. The molecule has 0 atom stereocenters. The van der Waals surface area contributed by atoms with E-state index in [1.165, 1.54) is 53.2 Å². The number of benzene rings is 2. The molecule has 2 heterocycles. The minimum Gasteiger partial charge on any atom is -0.491 e. The van der Waals surface area contributed by atoms with Crippen LogP contribution in [0.5, 0.6) is 11.5 Å². The van der Waals surface area contributed by atoms with Crippen LogP contribution in [-0.4, -0.2) is 41.4 Å². The maximum absolute atomic E-state index is 13.5. The van der Waals surface area contributed by atoms with Gasteiger partial charge in [0.15, 0.2) is 0 Å². The van der Waals surface area contributed by atoms with Crippen LogP contribution in [0.15, 0.2) is 65.6 Å². The minimum absolute atomic E-state index is 0.0516. The number of aromatic nitrogens is 1. The van der Waals surface area contributed by atoms with E-state index in [1.807, 2.05) is 0 Å². The summed E-state index contributed by atoms with van der Waals surface area (Å²) in [7, 11) is 0. The number of ether oxygens (including phenoxy) is 2. The van der Waals surface area contributed by atoms with Gasteiger partial charge in [0.1, 0.15) is 23.9 Å². The molecule has 0 radical (unpaired) electrons. The highest BCUT2D eigenvalue weighted by Crippen LogP contribution is 2.30. The standard InChI is InChI=1S/C24H20F4N2O4/c25-17-5-3-16(4-6-17)20-15-30(18-7-9-19(10-8-18)34-24(26,27)28)23(32)14-21(20)33-13-12-29-11-1-2-22(29)31/h3-10,14-15H,1-2,11-13H2. The van der Waals surface area contributed by atoms with Crippen molar-refractivity contribution in [3.8, 4) is 28.3 Å². The van der Waals surface area contributed by atoms with Crippen LogP contribution in [0.3, 0.4) is 0 Å². The van der Waals surface area contributed by atoms with Gasteiger partial charge >= 0.3 is 6.36 Å². The lowest BCUT2D eigenvalue weighted by Gasteiger charge is -2.18. The Bertz CT molecular complexity index is 1220. The molecule has 1 aromatic heterocycles. The van der Waals surface area contributed by atoms with Crippen LogP contribution >= 0.6 is 0 Å². The quantitative estimate of drug-likeness (QED) is 0.470. The fourth-order valence-electron chi connectivity index (χ4n) is 3.70. The molecule has 0 unspecified atom stereocenters. The molecule has 1 fully saturated rings. The Kier molecular flexibility index (Phi) is 6.58. The zero-order chi connectivity index (χ0) is 24.3. The largest absolute Gasteiger partial charge is 0.573 e. The first-order valence-electron chi connectivity index (χ1n) is 10.5. The maximum atomic E-state index is 13.5. The minimum atomic E-state index is -4.83. The van der Waals surface area contributed by atoms with Gasteiger partial charge in [-0.05, 0) is 48.4 Å². The number of nitrogens with zero attached hydrogens (tertiary/aromatic N) is 2. The Hall–Kier alpha value is -3.82. The van der Waals surface area contributed by atoms with Gasteiger partial charge in [-0.1, -0.05) is 12.1 Å². The van der Waals surface area contributed by atoms with Crippen LogP contribution in [0.1, 0.15) is 12.8 Å². The van der Waals surface area contributed by atoms with Crippen LogP contribution in [0.25, 0.3) is 16.8 Å². The van der Waals surface area contributed by atoms with Crippen molar-refractivity contribution in [2.45, 2.75) is 19.2 Å². The third-order valence-corrected chi connectivity index (χ3v) is 5.31. The van der Waals surface area contributed by atoms with E-state index in [0.717, 1.165) is 18.6 Å². The summed E-state index contributed by atoms with van der Waals surface area (Å²) < 4.78 is 61.7. The molecule has 3 aromatic rings. The summed E-state index contributed by atoms with van der Waals surface area (Å²) in [5.74, 6) is -0.556. The van der Waals surface area contributed by atoms with Crippen molar-refractivity contribution < 1.29 is 31.8 Å². The number of halogens is 4. The van der Waals surface area contributed by atoms with E-state index >= 15 is 0 Å². The molecule has 178 valence electrons. The van der Waals surface area contributed by atoms with Crippen molar-refractivity contribution in [2.24, 2.45) is 0 Å². The van der Waals surface area contributed by atoms with Crippen molar-refractivity contribution in [3.05, 3.63) is 77.0 Å². The van der Waals surface area contributed by atoms with Gasteiger partial charge in [-0.15, -0.1) is 13.2 Å². The van der Waals surface area contributed by atoms with E-state index < -0.39 is 23.5 Å². The highest BCUT2D eigenvalue weighted by molar-refractivity contribution is 5.78. The average molecular weight is 476 g/mol. The molecule has 1 aliphatic rings. The van der Waals surface area contributed by atoms with Crippen LogP contribution in [0.2, 0.25) is 0 Å². The number of likely N-dealkylation sites (tertiary alicyclic amines) is 1. The second-order valence-corrected chi connectivity index (χ2v) is 7.64. The van der Waals surface area contributed by atoms with E-state index in [2.05, 4.69) is 4.74 Å². The molecular weight excluding hydrogens is 456 g/mol. The summed E-state index contributed by atoms with van der Waals surface area (Å²) in [6.45, 7) is 1.18. The van der Waals surface area contributed by atoms with E-state index in [0.29, 0.717) is 36.3 Å². The molecule has 0 saturated carbocycles. The van der Waals surface area contributed by atoms with Crippen molar-refractivity contribution in [1.29, 1.82) is 0 Å². The van der Waals surface area contributed by atoms with Gasteiger partial charge in [-0.3, -0.25) is 14.2 Å². The number of carbonyl (C=O) groups is 1. The first-order valence-corrected chi connectivity index (χ1v) is 10.5. The van der Waals surface area contributed by atoms with Crippen molar-refractivity contribution >= 4 is 5.91 Å². The van der Waals surface area contributed by atoms with Gasteiger partial charge in [-0.2, -0.15) is 0 Å². The molecule has 0 bridgehead atoms. The molecule has 0 spiro atoms. The number of hydrogen-bond donors (Lipinski definition) is 0. The molecule has 0 aliphatic carbocycles. The van der Waals surface area contributed by atoms with Crippen LogP contribution in [-0.2, 0) is 4.79 Å². The molecule has 4 rings (SSSR count). The zero-order valence-corrected chi connectivity index (χ0v) is 17.8. The molecule has 10 heteroatoms. The number of carbonyl (C=O) groups excluding carboxylic acids is 1. The van der Waals surface area contributed by atoms with E-state index in [9.17, 15) is 27.2 Å². The Morgan fingerprint density at radius 1 is 0.971 bits per heavy atom. The Labute approximate surface area is 191 Å². The lowest BCUT2D eigenvalue weighted by atomic mass is 10.1. The fourth-order valence-corrected chi connectivity index (χ4v) is 3.70. The molecule has 1 aliphatic heterocycles. The van der Waals surface area contributed by atoms with Crippen LogP contribution in [0.4, 0.5) is 17.6 Å². The highest BCUT2D eigenvalue weighted by Gasteiger charge is 2.31. The summed E-state index contributed by atoms with van der Waals surface area (Å²) in [5.41, 5.74) is 0.863. The molecule has 1 saturated heterocycles. The Balaban J connectivity index is 1.64. The summed E-state index contributed by atoms with van der Waals surface area (Å²) in [6, 6.07) is 11.7. The topological polar surface area (TPSA) is 60.8 Å². The van der Waals surface area contributed by atoms with Gasteiger partial charge in [0.2, 0.25) is 5.91 Å². The van der Waals surface area contributed by atoms with E-state index in [-0.39, 0.29) is 18.3 Å². The Morgan fingerprint density at radius 3 is 2.29 bits per heavy atom. The predicted molar refractivity (Wildman–Crippen MR) is 115 cm³/mol. The molecule has 2 aromatic carbocycles. The SMILES string of the molecule is O=C1CCCN1CCOc1cc(=O)n(-c2ccc(OC(F)(F)F)cc2)cc1-c1ccc(F)cc1. The van der Waals surface area contributed by atoms with Gasteiger partial charge < -0.3 is 14.4 Å². The maximum Gasteiger partial charge on any atom is 0.573 e. The van der Waals surface area contributed by atoms with Crippen LogP contribution < -0.4 is 15.0 Å². The highest BCUT2D eigenvalue weighted by atomic mass is 19.4. The molecule has 6 nitrogen and oxygen atoms in total. The lowest BCUT2D eigenvalue weighted by Crippen LogP contribution is -2.29. The second kappa shape index (κ2) is 9.58. The third-order valence-electron chi connectivity index (χ3n) is 5.31. The molecule has 1 amide bonds. The van der Waals surface area contributed by atoms with Crippen LogP contribution in [0, 0.1) is 5.82 Å².